The third-order valence-corrected chi connectivity index (χ3v) is 9.99. The van der Waals surface area contributed by atoms with Crippen molar-refractivity contribution in [2.75, 3.05) is 36.5 Å². The minimum atomic E-state index is -3.20. The molecular formula is C36H32F4N10O3. The minimum Gasteiger partial charge on any atom is -0.432 e. The molecule has 3 atom stereocenters. The second-order valence-electron chi connectivity index (χ2n) is 13.4. The fourth-order valence-corrected chi connectivity index (χ4v) is 7.76. The summed E-state index contributed by atoms with van der Waals surface area (Å²) >= 11 is 0. The molecule has 0 saturated carbocycles. The number of nitrogens with zero attached hydrogens (tertiary/aromatic N) is 9. The van der Waals surface area contributed by atoms with E-state index in [1.807, 2.05) is 39.5 Å². The number of imidazole rings is 1. The molecule has 3 aliphatic rings. The van der Waals surface area contributed by atoms with Crippen LogP contribution in [0.4, 0.5) is 29.2 Å². The van der Waals surface area contributed by atoms with Crippen molar-refractivity contribution in [2.45, 2.75) is 51.1 Å². The lowest BCUT2D eigenvalue weighted by Crippen LogP contribution is -2.48. The highest BCUT2D eigenvalue weighted by Crippen LogP contribution is 2.36. The van der Waals surface area contributed by atoms with E-state index in [2.05, 4.69) is 30.1 Å². The molecule has 7 heterocycles. The first kappa shape index (κ1) is 33.0. The highest BCUT2D eigenvalue weighted by atomic mass is 19.3. The molecule has 3 aliphatic heterocycles. The van der Waals surface area contributed by atoms with Crippen LogP contribution in [0.1, 0.15) is 18.7 Å². The summed E-state index contributed by atoms with van der Waals surface area (Å²) in [5.41, 5.74) is 2.70. The summed E-state index contributed by atoms with van der Waals surface area (Å²) in [5.74, 6) is -0.0767. The summed E-state index contributed by atoms with van der Waals surface area (Å²) < 4.78 is 69.9. The second-order valence-corrected chi connectivity index (χ2v) is 13.4. The van der Waals surface area contributed by atoms with Crippen molar-refractivity contribution in [2.24, 2.45) is 0 Å². The number of halogens is 4. The number of alkyl halides is 2. The standard InChI is InChI=1S/C36H32F4N10O3/c1-19-44-27-11-21(38)10-24-26-4-2-5-31(46-26)45-22-13-29(35(51)47-8-3-9-52-23(16-47)17-48(19)32(24)27)49(15-22)33-25-14-43-50(34(25)42-18-41-33)28-7-6-20(37)12-30(28)53-36(39)40/h2,4-7,10-12,14,18,22-23,29,36H,3,8-9,13,15-17H2,1H3,(H,45,46). The topological polar surface area (TPSA) is 128 Å². The van der Waals surface area contributed by atoms with Gasteiger partial charge in [-0.05, 0) is 50.1 Å². The van der Waals surface area contributed by atoms with E-state index in [0.717, 1.165) is 17.6 Å². The maximum Gasteiger partial charge on any atom is 0.387 e. The van der Waals surface area contributed by atoms with E-state index in [-0.39, 0.29) is 29.4 Å². The number of carbonyl (C=O) groups excluding carboxylic acids is 1. The van der Waals surface area contributed by atoms with E-state index in [0.29, 0.717) is 85.2 Å². The molecule has 1 amide bonds. The van der Waals surface area contributed by atoms with E-state index in [1.54, 1.807) is 0 Å². The number of anilines is 2. The zero-order chi connectivity index (χ0) is 36.4. The zero-order valence-electron chi connectivity index (χ0n) is 28.3. The van der Waals surface area contributed by atoms with Gasteiger partial charge in [0, 0.05) is 50.0 Å². The van der Waals surface area contributed by atoms with Gasteiger partial charge in [0.05, 0.1) is 41.0 Å². The monoisotopic (exact) mass is 728 g/mol. The molecule has 9 rings (SSSR count). The highest BCUT2D eigenvalue weighted by Gasteiger charge is 2.42. The van der Waals surface area contributed by atoms with Crippen LogP contribution in [0.2, 0.25) is 0 Å². The smallest absolute Gasteiger partial charge is 0.387 e. The van der Waals surface area contributed by atoms with E-state index < -0.39 is 30.0 Å². The average molecular weight is 729 g/mol. The number of fused-ring (bicyclic) bond motifs is 8. The largest absolute Gasteiger partial charge is 0.432 e. The Labute approximate surface area is 299 Å². The van der Waals surface area contributed by atoms with Crippen LogP contribution in [-0.2, 0) is 16.1 Å². The van der Waals surface area contributed by atoms with E-state index in [4.69, 9.17) is 9.72 Å². The summed E-state index contributed by atoms with van der Waals surface area (Å²) in [6, 6.07) is 10.7. The first-order valence-electron chi connectivity index (χ1n) is 17.2. The number of amides is 1. The lowest BCUT2D eigenvalue weighted by molar-refractivity contribution is -0.133. The number of hydrogen-bond acceptors (Lipinski definition) is 10. The summed E-state index contributed by atoms with van der Waals surface area (Å²) in [7, 11) is 0. The number of ether oxygens (including phenoxy) is 2. The molecule has 4 aromatic heterocycles. The molecule has 272 valence electrons. The lowest BCUT2D eigenvalue weighted by atomic mass is 10.1. The molecule has 0 radical (unpaired) electrons. The van der Waals surface area contributed by atoms with Gasteiger partial charge in [-0.25, -0.2) is 33.4 Å². The first-order chi connectivity index (χ1) is 25.7. The van der Waals surface area contributed by atoms with Crippen molar-refractivity contribution in [3.8, 4) is 22.7 Å². The lowest BCUT2D eigenvalue weighted by Gasteiger charge is -2.31. The summed E-state index contributed by atoms with van der Waals surface area (Å²) in [6.07, 6.45) is 3.45. The minimum absolute atomic E-state index is 0.0507. The van der Waals surface area contributed by atoms with Crippen LogP contribution in [0.15, 0.2) is 61.1 Å². The predicted molar refractivity (Wildman–Crippen MR) is 185 cm³/mol. The third-order valence-electron chi connectivity index (χ3n) is 9.99. The predicted octanol–water partition coefficient (Wildman–Crippen LogP) is 5.11. The van der Waals surface area contributed by atoms with E-state index in [1.165, 1.54) is 35.4 Å². The molecular weight excluding hydrogens is 696 g/mol. The van der Waals surface area contributed by atoms with Gasteiger partial charge in [-0.15, -0.1) is 0 Å². The van der Waals surface area contributed by atoms with Crippen LogP contribution in [0.25, 0.3) is 39.0 Å². The number of aryl methyl sites for hydroxylation is 1. The molecule has 53 heavy (non-hydrogen) atoms. The van der Waals surface area contributed by atoms with Crippen LogP contribution >= 0.6 is 0 Å². The molecule has 17 heteroatoms. The molecule has 13 nitrogen and oxygen atoms in total. The SMILES string of the molecule is Cc1nc2cc(F)cc3c2n1CC1CN(CCCO1)C(=O)C1CC(CN1c1ncnc2c1cnn2-c1ccc(F)cc1OC(F)F)Nc1cccc-3n1. The Hall–Kier alpha value is -5.84. The van der Waals surface area contributed by atoms with Gasteiger partial charge in [0.25, 0.3) is 0 Å². The molecule has 2 fully saturated rings. The molecule has 3 unspecified atom stereocenters. The van der Waals surface area contributed by atoms with Crippen LogP contribution < -0.4 is 15.0 Å². The number of aromatic nitrogens is 7. The molecule has 6 aromatic rings. The number of carbonyl (C=O) groups is 1. The van der Waals surface area contributed by atoms with Gasteiger partial charge >= 0.3 is 6.61 Å². The van der Waals surface area contributed by atoms with Gasteiger partial charge in [-0.1, -0.05) is 6.07 Å². The fraction of sp³-hybridized carbons (Fsp3) is 0.333. The van der Waals surface area contributed by atoms with Gasteiger partial charge < -0.3 is 29.2 Å². The van der Waals surface area contributed by atoms with Crippen molar-refractivity contribution in [1.82, 2.24) is 39.2 Å². The Bertz CT molecular complexity index is 2390. The third kappa shape index (κ3) is 5.93. The highest BCUT2D eigenvalue weighted by molar-refractivity contribution is 5.94. The maximum atomic E-state index is 15.0. The van der Waals surface area contributed by atoms with Gasteiger partial charge in [-0.3, -0.25) is 4.79 Å². The van der Waals surface area contributed by atoms with Gasteiger partial charge in [-0.2, -0.15) is 13.9 Å². The number of rotatable bonds is 4. The normalized spacial score (nSPS) is 20.4. The molecule has 1 N–H and O–H groups in total. The van der Waals surface area contributed by atoms with Crippen molar-refractivity contribution in [3.63, 3.8) is 0 Å². The van der Waals surface area contributed by atoms with Crippen LogP contribution in [-0.4, -0.2) is 96.1 Å². The Morgan fingerprint density at radius 1 is 1.02 bits per heavy atom. The summed E-state index contributed by atoms with van der Waals surface area (Å²) in [4.78, 5) is 37.0. The quantitative estimate of drug-likeness (QED) is 0.245. The molecule has 2 saturated heterocycles. The van der Waals surface area contributed by atoms with Crippen molar-refractivity contribution < 1.29 is 31.8 Å². The van der Waals surface area contributed by atoms with E-state index >= 15 is 4.39 Å². The van der Waals surface area contributed by atoms with Crippen molar-refractivity contribution in [1.29, 1.82) is 0 Å². The average Bonchev–Trinajstić information content (AvgIpc) is 3.77. The Kier molecular flexibility index (Phi) is 8.09. The molecule has 0 aliphatic carbocycles. The Morgan fingerprint density at radius 3 is 2.77 bits per heavy atom. The first-order valence-corrected chi connectivity index (χ1v) is 17.2. The number of hydrogen-bond donors (Lipinski definition) is 1. The van der Waals surface area contributed by atoms with Gasteiger partial charge in [0.15, 0.2) is 11.4 Å². The van der Waals surface area contributed by atoms with Crippen molar-refractivity contribution >= 4 is 39.6 Å². The fourth-order valence-electron chi connectivity index (χ4n) is 7.76. The molecule has 6 bridgehead atoms. The molecule has 2 aromatic carbocycles. The Balaban J connectivity index is 1.14. The number of benzene rings is 2. The Morgan fingerprint density at radius 2 is 1.91 bits per heavy atom. The van der Waals surface area contributed by atoms with Gasteiger partial charge in [0.2, 0.25) is 5.91 Å². The maximum absolute atomic E-state index is 15.0. The zero-order valence-corrected chi connectivity index (χ0v) is 28.3. The summed E-state index contributed by atoms with van der Waals surface area (Å²) in [5, 5.41) is 8.36. The second kappa shape index (κ2) is 13.0. The van der Waals surface area contributed by atoms with Crippen LogP contribution in [0.3, 0.4) is 0 Å². The number of nitrogens with one attached hydrogen (secondary N) is 1. The van der Waals surface area contributed by atoms with Crippen molar-refractivity contribution in [3.05, 3.63) is 78.5 Å². The molecule has 0 spiro atoms. The van der Waals surface area contributed by atoms with Crippen LogP contribution in [0, 0.1) is 18.6 Å². The summed E-state index contributed by atoms with van der Waals surface area (Å²) in [6.45, 7) is 0.636. The van der Waals surface area contributed by atoms with Crippen LogP contribution in [0.5, 0.6) is 5.75 Å². The number of pyridine rings is 1. The van der Waals surface area contributed by atoms with Gasteiger partial charge in [0.1, 0.15) is 47.2 Å². The van der Waals surface area contributed by atoms with E-state index in [9.17, 15) is 18.0 Å².